The molecule has 0 aliphatic heterocycles. The Labute approximate surface area is 218 Å². The minimum absolute atomic E-state index is 0.280. The average molecular weight is 484 g/mol. The zero-order valence-electron chi connectivity index (χ0n) is 22.5. The topological polar surface area (TPSA) is 61.9 Å². The summed E-state index contributed by atoms with van der Waals surface area (Å²) in [5.41, 5.74) is 12.2. The number of nitrogens with two attached hydrogens (primary N) is 1. The number of benzene rings is 1. The Morgan fingerprint density at radius 2 is 1.81 bits per heavy atom. The molecule has 5 unspecified atom stereocenters. The predicted molar refractivity (Wildman–Crippen MR) is 155 cm³/mol. The van der Waals surface area contributed by atoms with Crippen molar-refractivity contribution in [3.8, 4) is 0 Å². The fourth-order valence-corrected chi connectivity index (χ4v) is 7.42. The Kier molecular flexibility index (Phi) is 7.50. The van der Waals surface area contributed by atoms with E-state index in [2.05, 4.69) is 45.5 Å². The van der Waals surface area contributed by atoms with Crippen LogP contribution in [-0.2, 0) is 0 Å². The third-order valence-electron chi connectivity index (χ3n) is 9.73. The summed E-state index contributed by atoms with van der Waals surface area (Å²) in [6.45, 7) is 22.6. The molecule has 0 saturated heterocycles. The Morgan fingerprint density at radius 1 is 1.08 bits per heavy atom. The Morgan fingerprint density at radius 3 is 2.53 bits per heavy atom. The molecule has 4 rings (SSSR count). The van der Waals surface area contributed by atoms with Crippen molar-refractivity contribution in [3.05, 3.63) is 90.7 Å². The molecule has 0 bridgehead atoms. The van der Waals surface area contributed by atoms with Gasteiger partial charge in [-0.3, -0.25) is 0 Å². The van der Waals surface area contributed by atoms with Gasteiger partial charge in [-0.1, -0.05) is 76.1 Å². The van der Waals surface area contributed by atoms with Crippen molar-refractivity contribution < 1.29 is 0 Å². The third-order valence-corrected chi connectivity index (χ3v) is 9.73. The number of hydrogen-bond acceptors (Lipinski definition) is 3. The second-order valence-corrected chi connectivity index (χ2v) is 12.3. The van der Waals surface area contributed by atoms with E-state index in [9.17, 15) is 0 Å². The van der Waals surface area contributed by atoms with E-state index in [1.165, 1.54) is 56.9 Å². The summed E-state index contributed by atoms with van der Waals surface area (Å²) in [4.78, 5) is 0. The van der Waals surface area contributed by atoms with E-state index in [0.717, 1.165) is 46.7 Å². The van der Waals surface area contributed by atoms with Crippen molar-refractivity contribution >= 4 is 11.4 Å². The number of hydrogen-bond donors (Lipinski definition) is 3. The molecule has 3 heteroatoms. The van der Waals surface area contributed by atoms with Crippen LogP contribution in [0.15, 0.2) is 79.6 Å². The Bertz CT molecular complexity index is 1110. The summed E-state index contributed by atoms with van der Waals surface area (Å²) < 4.78 is 0. The van der Waals surface area contributed by atoms with Crippen molar-refractivity contribution in [1.29, 1.82) is 5.41 Å². The zero-order valence-corrected chi connectivity index (χ0v) is 22.5. The highest BCUT2D eigenvalue weighted by molar-refractivity contribution is 6.09. The SMILES string of the molecule is C=C1CCC2(C)C(CCC3CC(C)(CNC(=C)C(=C)C=CC(=N)c4ccccc4C(=C)N)CCC32)C1. The van der Waals surface area contributed by atoms with Crippen molar-refractivity contribution in [1.82, 2.24) is 5.32 Å². The van der Waals surface area contributed by atoms with Crippen LogP contribution in [0.3, 0.4) is 0 Å². The number of nitrogens with one attached hydrogen (secondary N) is 2. The van der Waals surface area contributed by atoms with Crippen LogP contribution in [0.5, 0.6) is 0 Å². The van der Waals surface area contributed by atoms with Crippen molar-refractivity contribution in [3.63, 3.8) is 0 Å². The lowest BCUT2D eigenvalue weighted by Gasteiger charge is -2.58. The standard InChI is InChI=1S/C33H45N3/c1-22-15-18-33(6)27(19-22)13-12-26-20-32(5,17-16-30(26)33)21-36-25(4)23(2)11-14-31(35)29-10-8-7-9-28(29)24(3)34/h7-11,14,26-27,30,35-36H,1-4,12-13,15-21,34H2,5-6H3. The molecule has 0 amide bonds. The molecule has 3 aliphatic carbocycles. The molecule has 192 valence electrons. The fourth-order valence-electron chi connectivity index (χ4n) is 7.42. The van der Waals surface area contributed by atoms with E-state index in [1.54, 1.807) is 6.08 Å². The monoisotopic (exact) mass is 483 g/mol. The second-order valence-electron chi connectivity index (χ2n) is 12.3. The number of rotatable bonds is 8. The summed E-state index contributed by atoms with van der Waals surface area (Å²) in [5, 5.41) is 12.1. The molecule has 3 nitrogen and oxygen atoms in total. The van der Waals surface area contributed by atoms with Crippen LogP contribution >= 0.6 is 0 Å². The van der Waals surface area contributed by atoms with Gasteiger partial charge in [-0.2, -0.15) is 0 Å². The molecular weight excluding hydrogens is 438 g/mol. The lowest BCUT2D eigenvalue weighted by molar-refractivity contribution is -0.0692. The highest BCUT2D eigenvalue weighted by Crippen LogP contribution is 2.61. The average Bonchev–Trinajstić information content (AvgIpc) is 2.86. The van der Waals surface area contributed by atoms with Gasteiger partial charge in [-0.05, 0) is 91.6 Å². The van der Waals surface area contributed by atoms with Crippen LogP contribution in [0.2, 0.25) is 0 Å². The molecule has 3 saturated carbocycles. The van der Waals surface area contributed by atoms with E-state index in [1.807, 2.05) is 30.3 Å². The first-order valence-corrected chi connectivity index (χ1v) is 13.6. The molecular formula is C33H45N3. The molecule has 3 aliphatic rings. The molecule has 1 aromatic carbocycles. The van der Waals surface area contributed by atoms with Gasteiger partial charge in [-0.15, -0.1) is 0 Å². The van der Waals surface area contributed by atoms with Gasteiger partial charge in [0.15, 0.2) is 0 Å². The summed E-state index contributed by atoms with van der Waals surface area (Å²) in [5.74, 6) is 2.57. The molecule has 1 aromatic rings. The van der Waals surface area contributed by atoms with E-state index >= 15 is 0 Å². The second kappa shape index (κ2) is 10.3. The van der Waals surface area contributed by atoms with E-state index in [4.69, 9.17) is 11.1 Å². The van der Waals surface area contributed by atoms with Gasteiger partial charge in [0.05, 0.1) is 5.71 Å². The summed E-state index contributed by atoms with van der Waals surface area (Å²) in [7, 11) is 0. The molecule has 3 fully saturated rings. The molecule has 0 spiro atoms. The molecule has 0 radical (unpaired) electrons. The first kappa shape index (κ1) is 26.3. The highest BCUT2D eigenvalue weighted by Gasteiger charge is 2.52. The molecule has 0 heterocycles. The van der Waals surface area contributed by atoms with Gasteiger partial charge in [0.2, 0.25) is 0 Å². The number of fused-ring (bicyclic) bond motifs is 3. The van der Waals surface area contributed by atoms with Gasteiger partial charge < -0.3 is 16.5 Å². The van der Waals surface area contributed by atoms with Crippen molar-refractivity contribution in [2.24, 2.45) is 34.3 Å². The van der Waals surface area contributed by atoms with Gasteiger partial charge in [0.25, 0.3) is 0 Å². The van der Waals surface area contributed by atoms with Crippen LogP contribution in [0.25, 0.3) is 5.70 Å². The maximum atomic E-state index is 8.49. The van der Waals surface area contributed by atoms with Gasteiger partial charge in [-0.25, -0.2) is 0 Å². The van der Waals surface area contributed by atoms with E-state index in [0.29, 0.717) is 16.8 Å². The zero-order chi connectivity index (χ0) is 26.1. The molecule has 5 atom stereocenters. The van der Waals surface area contributed by atoms with Crippen molar-refractivity contribution in [2.75, 3.05) is 6.54 Å². The van der Waals surface area contributed by atoms with Crippen LogP contribution < -0.4 is 11.1 Å². The molecule has 36 heavy (non-hydrogen) atoms. The lowest BCUT2D eigenvalue weighted by atomic mass is 9.47. The lowest BCUT2D eigenvalue weighted by Crippen LogP contribution is -2.50. The smallest absolute Gasteiger partial charge is 0.0619 e. The minimum Gasteiger partial charge on any atom is -0.399 e. The van der Waals surface area contributed by atoms with Crippen LogP contribution in [0, 0.1) is 34.0 Å². The minimum atomic E-state index is 0.280. The van der Waals surface area contributed by atoms with Gasteiger partial charge >= 0.3 is 0 Å². The highest BCUT2D eigenvalue weighted by atomic mass is 14.9. The summed E-state index contributed by atoms with van der Waals surface area (Å²) >= 11 is 0. The largest absolute Gasteiger partial charge is 0.399 e. The van der Waals surface area contributed by atoms with Gasteiger partial charge in [0.1, 0.15) is 0 Å². The third kappa shape index (κ3) is 5.31. The van der Waals surface area contributed by atoms with Gasteiger partial charge in [0, 0.05) is 29.1 Å². The van der Waals surface area contributed by atoms with Crippen LogP contribution in [0.1, 0.15) is 76.3 Å². The van der Waals surface area contributed by atoms with E-state index < -0.39 is 0 Å². The molecule has 4 N–H and O–H groups in total. The Hall–Kier alpha value is -2.81. The molecule has 0 aromatic heterocycles. The number of allylic oxidation sites excluding steroid dienone is 3. The van der Waals surface area contributed by atoms with Crippen molar-refractivity contribution in [2.45, 2.75) is 65.2 Å². The first-order valence-electron chi connectivity index (χ1n) is 13.6. The Balaban J connectivity index is 1.32. The fraction of sp³-hybridized carbons (Fsp3) is 0.485. The predicted octanol–water partition coefficient (Wildman–Crippen LogP) is 7.78. The van der Waals surface area contributed by atoms with E-state index in [-0.39, 0.29) is 5.41 Å². The first-order chi connectivity index (χ1) is 17.0. The van der Waals surface area contributed by atoms with Crippen LogP contribution in [-0.4, -0.2) is 12.3 Å². The normalized spacial score (nSPS) is 31.8. The quantitative estimate of drug-likeness (QED) is 0.201. The maximum Gasteiger partial charge on any atom is 0.0619 e. The maximum absolute atomic E-state index is 8.49. The van der Waals surface area contributed by atoms with Crippen LogP contribution in [0.4, 0.5) is 0 Å². The summed E-state index contributed by atoms with van der Waals surface area (Å²) in [6.07, 6.45) is 14.1. The summed E-state index contributed by atoms with van der Waals surface area (Å²) in [6, 6.07) is 7.60.